The number of hydrogen-bond donors (Lipinski definition) is 2. The van der Waals surface area contributed by atoms with Gasteiger partial charge in [0.2, 0.25) is 5.88 Å². The molecule has 7 nitrogen and oxygen atoms in total. The highest BCUT2D eigenvalue weighted by molar-refractivity contribution is 5.94. The molecule has 2 aromatic heterocycles. The quantitative estimate of drug-likeness (QED) is 0.409. The fraction of sp³-hybridized carbons (Fsp3) is 0.0435. The van der Waals surface area contributed by atoms with Gasteiger partial charge in [-0.15, -0.1) is 10.2 Å². The molecule has 0 saturated heterocycles. The van der Waals surface area contributed by atoms with Crippen molar-refractivity contribution in [2.45, 2.75) is 6.54 Å². The monoisotopic (exact) mass is 395 g/mol. The predicted octanol–water partition coefficient (Wildman–Crippen LogP) is 5.20. The van der Waals surface area contributed by atoms with Gasteiger partial charge in [0.05, 0.1) is 16.6 Å². The number of benzene rings is 3. The van der Waals surface area contributed by atoms with Crippen LogP contribution in [-0.4, -0.2) is 25.5 Å². The molecule has 5 aromatic rings. The molecule has 0 bridgehead atoms. The van der Waals surface area contributed by atoms with Crippen LogP contribution in [-0.2, 0) is 11.3 Å². The Morgan fingerprint density at radius 3 is 2.57 bits per heavy atom. The number of aromatic amines is 1. The number of aromatic hydroxyl groups is 1. The number of amides is 1. The summed E-state index contributed by atoms with van der Waals surface area (Å²) >= 11 is 0. The minimum absolute atomic E-state index is 0.0165. The second-order valence-electron chi connectivity index (χ2n) is 6.84. The van der Waals surface area contributed by atoms with Crippen LogP contribution < -0.4 is 0 Å². The lowest BCUT2D eigenvalue weighted by molar-refractivity contribution is -0.118. The van der Waals surface area contributed by atoms with E-state index in [4.69, 9.17) is 4.98 Å². The topological polar surface area (TPSA) is 95.6 Å². The number of para-hydroxylation sites is 3. The molecule has 30 heavy (non-hydrogen) atoms. The summed E-state index contributed by atoms with van der Waals surface area (Å²) in [5.74, 6) is 0.126. The Morgan fingerprint density at radius 1 is 0.967 bits per heavy atom. The van der Waals surface area contributed by atoms with E-state index in [1.165, 1.54) is 0 Å². The largest absolute Gasteiger partial charge is 0.493 e. The lowest BCUT2D eigenvalue weighted by atomic mass is 10.2. The third-order valence-corrected chi connectivity index (χ3v) is 4.90. The number of nitrogens with zero attached hydrogens (tertiary/aromatic N) is 4. The third-order valence-electron chi connectivity index (χ3n) is 4.90. The summed E-state index contributed by atoms with van der Waals surface area (Å²) in [6, 6.07) is 24.7. The fourth-order valence-corrected chi connectivity index (χ4v) is 3.53. The molecule has 5 rings (SSSR count). The molecule has 0 radical (unpaired) electrons. The van der Waals surface area contributed by atoms with Gasteiger partial charge in [0.1, 0.15) is 12.4 Å². The first-order valence-electron chi connectivity index (χ1n) is 9.45. The molecule has 1 amide bonds. The Hall–Kier alpha value is -4.26. The number of azo groups is 1. The van der Waals surface area contributed by atoms with Crippen LogP contribution in [0.15, 0.2) is 89.1 Å². The lowest BCUT2D eigenvalue weighted by Gasteiger charge is -2.06. The molecular weight excluding hydrogens is 378 g/mol. The third kappa shape index (κ3) is 3.12. The Bertz CT molecular complexity index is 1400. The Kier molecular flexibility index (Phi) is 4.33. The minimum atomic E-state index is -0.444. The highest BCUT2D eigenvalue weighted by Gasteiger charge is 2.15. The summed E-state index contributed by atoms with van der Waals surface area (Å²) in [7, 11) is 0. The Morgan fingerprint density at radius 2 is 1.70 bits per heavy atom. The van der Waals surface area contributed by atoms with Crippen molar-refractivity contribution < 1.29 is 9.90 Å². The predicted molar refractivity (Wildman–Crippen MR) is 115 cm³/mol. The SMILES string of the molecule is O=C(Cn1c(-c2ccccc2)nc2ccccc21)N=Nc1c(O)[nH]c2ccccc12. The standard InChI is InChI=1S/C23H17N5O2/c29-20(26-27-21-16-10-4-5-11-17(16)25-23(21)30)14-28-19-13-7-6-12-18(19)24-22(28)15-8-2-1-3-9-15/h1-13,25,30H,14H2. The molecule has 7 heteroatoms. The van der Waals surface area contributed by atoms with E-state index in [9.17, 15) is 9.90 Å². The minimum Gasteiger partial charge on any atom is -0.493 e. The number of aromatic nitrogens is 3. The van der Waals surface area contributed by atoms with Crippen LogP contribution in [0.25, 0.3) is 33.3 Å². The number of imidazole rings is 1. The second-order valence-corrected chi connectivity index (χ2v) is 6.84. The molecule has 0 saturated carbocycles. The molecule has 2 N–H and O–H groups in total. The fourth-order valence-electron chi connectivity index (χ4n) is 3.53. The first kappa shape index (κ1) is 17.8. The number of rotatable bonds is 4. The molecule has 0 aliphatic heterocycles. The van der Waals surface area contributed by atoms with E-state index in [-0.39, 0.29) is 18.1 Å². The Labute approximate surface area is 171 Å². The first-order valence-corrected chi connectivity index (χ1v) is 9.45. The second kappa shape index (κ2) is 7.29. The van der Waals surface area contributed by atoms with Crippen molar-refractivity contribution in [1.29, 1.82) is 0 Å². The number of fused-ring (bicyclic) bond motifs is 2. The van der Waals surface area contributed by atoms with E-state index in [2.05, 4.69) is 15.2 Å². The van der Waals surface area contributed by atoms with Gasteiger partial charge in [-0.3, -0.25) is 4.79 Å². The summed E-state index contributed by atoms with van der Waals surface area (Å²) in [6.07, 6.45) is 0. The maximum Gasteiger partial charge on any atom is 0.284 e. The van der Waals surface area contributed by atoms with Gasteiger partial charge in [-0.05, 0) is 18.2 Å². The van der Waals surface area contributed by atoms with E-state index in [1.54, 1.807) is 6.07 Å². The molecule has 0 spiro atoms. The van der Waals surface area contributed by atoms with E-state index in [0.29, 0.717) is 11.2 Å². The van der Waals surface area contributed by atoms with E-state index in [0.717, 1.165) is 22.1 Å². The van der Waals surface area contributed by atoms with Gasteiger partial charge < -0.3 is 14.7 Å². The summed E-state index contributed by atoms with van der Waals surface area (Å²) in [5.41, 5.74) is 3.53. The molecule has 3 aromatic carbocycles. The van der Waals surface area contributed by atoms with Crippen LogP contribution >= 0.6 is 0 Å². The van der Waals surface area contributed by atoms with Gasteiger partial charge in [0, 0.05) is 10.9 Å². The zero-order valence-electron chi connectivity index (χ0n) is 15.9. The smallest absolute Gasteiger partial charge is 0.284 e. The van der Waals surface area contributed by atoms with Crippen LogP contribution in [0.3, 0.4) is 0 Å². The molecule has 0 aliphatic rings. The van der Waals surface area contributed by atoms with Gasteiger partial charge in [0.25, 0.3) is 5.91 Å². The summed E-state index contributed by atoms with van der Waals surface area (Å²) in [6.45, 7) is -0.0165. The van der Waals surface area contributed by atoms with Crippen molar-refractivity contribution in [2.75, 3.05) is 0 Å². The molecule has 0 unspecified atom stereocenters. The normalized spacial score (nSPS) is 11.6. The van der Waals surface area contributed by atoms with E-state index in [1.807, 2.05) is 77.4 Å². The van der Waals surface area contributed by atoms with Crippen molar-refractivity contribution in [3.63, 3.8) is 0 Å². The highest BCUT2D eigenvalue weighted by Crippen LogP contribution is 2.35. The summed E-state index contributed by atoms with van der Waals surface area (Å²) in [4.78, 5) is 20.2. The maximum atomic E-state index is 12.7. The number of hydrogen-bond acceptors (Lipinski definition) is 4. The molecule has 0 aliphatic carbocycles. The number of H-pyrrole nitrogens is 1. The van der Waals surface area contributed by atoms with Crippen molar-refractivity contribution in [3.8, 4) is 17.3 Å². The van der Waals surface area contributed by atoms with Crippen LogP contribution in [0.4, 0.5) is 5.69 Å². The maximum absolute atomic E-state index is 12.7. The highest BCUT2D eigenvalue weighted by atomic mass is 16.3. The van der Waals surface area contributed by atoms with Gasteiger partial charge in [-0.1, -0.05) is 60.7 Å². The van der Waals surface area contributed by atoms with Gasteiger partial charge in [-0.25, -0.2) is 4.98 Å². The molecule has 2 heterocycles. The zero-order chi connectivity index (χ0) is 20.5. The van der Waals surface area contributed by atoms with Crippen LogP contribution in [0, 0.1) is 0 Å². The van der Waals surface area contributed by atoms with Crippen molar-refractivity contribution >= 4 is 33.5 Å². The molecule has 146 valence electrons. The van der Waals surface area contributed by atoms with Gasteiger partial charge in [0.15, 0.2) is 5.69 Å². The van der Waals surface area contributed by atoms with Crippen LogP contribution in [0.5, 0.6) is 5.88 Å². The van der Waals surface area contributed by atoms with Gasteiger partial charge in [-0.2, -0.15) is 0 Å². The number of nitrogens with one attached hydrogen (secondary N) is 1. The molecule has 0 atom stereocenters. The van der Waals surface area contributed by atoms with E-state index >= 15 is 0 Å². The molecular formula is C23H17N5O2. The summed E-state index contributed by atoms with van der Waals surface area (Å²) < 4.78 is 1.83. The zero-order valence-corrected chi connectivity index (χ0v) is 15.9. The number of carbonyl (C=O) groups is 1. The van der Waals surface area contributed by atoms with Crippen LogP contribution in [0.2, 0.25) is 0 Å². The first-order chi connectivity index (χ1) is 14.7. The number of carbonyl (C=O) groups excluding carboxylic acids is 1. The average molecular weight is 395 g/mol. The lowest BCUT2D eigenvalue weighted by Crippen LogP contribution is -2.08. The van der Waals surface area contributed by atoms with Crippen molar-refractivity contribution in [3.05, 3.63) is 78.9 Å². The Balaban J connectivity index is 1.50. The molecule has 0 fully saturated rings. The summed E-state index contributed by atoms with van der Waals surface area (Å²) in [5, 5.41) is 18.7. The average Bonchev–Trinajstić information content (AvgIpc) is 3.30. The van der Waals surface area contributed by atoms with Crippen molar-refractivity contribution in [2.24, 2.45) is 10.2 Å². The van der Waals surface area contributed by atoms with E-state index < -0.39 is 5.91 Å². The van der Waals surface area contributed by atoms with Crippen molar-refractivity contribution in [1.82, 2.24) is 14.5 Å². The van der Waals surface area contributed by atoms with Gasteiger partial charge >= 0.3 is 0 Å². The van der Waals surface area contributed by atoms with Crippen LogP contribution in [0.1, 0.15) is 0 Å².